The second-order valence-corrected chi connectivity index (χ2v) is 5.72. The minimum atomic E-state index is -0.659. The fourth-order valence-corrected chi connectivity index (χ4v) is 2.12. The first-order chi connectivity index (χ1) is 8.91. The van der Waals surface area contributed by atoms with Crippen LogP contribution in [0.1, 0.15) is 39.4 Å². The molecule has 2 heterocycles. The normalized spacial score (nSPS) is 23.9. The summed E-state index contributed by atoms with van der Waals surface area (Å²) in [7, 11) is 0. The van der Waals surface area contributed by atoms with E-state index in [1.165, 1.54) is 0 Å². The van der Waals surface area contributed by atoms with Gasteiger partial charge in [-0.1, -0.05) is 5.21 Å². The van der Waals surface area contributed by atoms with Crippen molar-refractivity contribution < 1.29 is 9.53 Å². The zero-order chi connectivity index (χ0) is 13.9. The molecule has 0 saturated carbocycles. The lowest BCUT2D eigenvalue weighted by atomic mass is 9.89. The number of aromatic amines is 1. The van der Waals surface area contributed by atoms with Gasteiger partial charge in [-0.05, 0) is 40.2 Å². The Morgan fingerprint density at radius 2 is 2.26 bits per heavy atom. The molecule has 1 aliphatic heterocycles. The Hall–Kier alpha value is -1.70. The van der Waals surface area contributed by atoms with Crippen molar-refractivity contribution in [2.24, 2.45) is 0 Å². The molecule has 8 nitrogen and oxygen atoms in total. The molecule has 0 radical (unpaired) electrons. The summed E-state index contributed by atoms with van der Waals surface area (Å²) in [5.74, 6) is 0.477. The van der Waals surface area contributed by atoms with E-state index < -0.39 is 17.2 Å². The van der Waals surface area contributed by atoms with Crippen LogP contribution in [0, 0.1) is 0 Å². The molecule has 1 aromatic heterocycles. The van der Waals surface area contributed by atoms with Crippen LogP contribution in [-0.2, 0) is 10.3 Å². The fraction of sp³-hybridized carbons (Fsp3) is 0.818. The number of H-pyrrole nitrogens is 1. The van der Waals surface area contributed by atoms with Crippen LogP contribution in [0.15, 0.2) is 0 Å². The van der Waals surface area contributed by atoms with Crippen LogP contribution in [-0.4, -0.2) is 45.4 Å². The first-order valence-electron chi connectivity index (χ1n) is 6.37. The van der Waals surface area contributed by atoms with Gasteiger partial charge in [-0.15, -0.1) is 10.2 Å². The smallest absolute Gasteiger partial charge is 0.408 e. The van der Waals surface area contributed by atoms with Gasteiger partial charge in [0, 0.05) is 6.54 Å². The number of rotatable bonds is 2. The molecule has 1 fully saturated rings. The van der Waals surface area contributed by atoms with Crippen LogP contribution in [0.4, 0.5) is 4.79 Å². The Labute approximate surface area is 111 Å². The predicted molar refractivity (Wildman–Crippen MR) is 67.3 cm³/mol. The highest BCUT2D eigenvalue weighted by Crippen LogP contribution is 2.25. The average molecular weight is 268 g/mol. The maximum absolute atomic E-state index is 12.0. The molecule has 106 valence electrons. The largest absolute Gasteiger partial charge is 0.444 e. The van der Waals surface area contributed by atoms with Gasteiger partial charge in [0.2, 0.25) is 5.82 Å². The van der Waals surface area contributed by atoms with Gasteiger partial charge in [0.1, 0.15) is 11.1 Å². The Morgan fingerprint density at radius 3 is 2.79 bits per heavy atom. The topological polar surface area (TPSA) is 105 Å². The Morgan fingerprint density at radius 1 is 1.47 bits per heavy atom. The van der Waals surface area contributed by atoms with E-state index in [-0.39, 0.29) is 0 Å². The molecule has 1 saturated heterocycles. The first kappa shape index (κ1) is 13.7. The van der Waals surface area contributed by atoms with E-state index in [1.54, 1.807) is 0 Å². The molecule has 0 aromatic carbocycles. The third kappa shape index (κ3) is 3.40. The highest BCUT2D eigenvalue weighted by molar-refractivity contribution is 5.69. The van der Waals surface area contributed by atoms with Crippen molar-refractivity contribution in [2.75, 3.05) is 13.1 Å². The van der Waals surface area contributed by atoms with Crippen molar-refractivity contribution in [3.05, 3.63) is 5.82 Å². The monoisotopic (exact) mass is 268 g/mol. The van der Waals surface area contributed by atoms with E-state index in [1.807, 2.05) is 20.8 Å². The van der Waals surface area contributed by atoms with Crippen molar-refractivity contribution in [1.29, 1.82) is 0 Å². The molecule has 0 spiro atoms. The number of hydrogen-bond donors (Lipinski definition) is 3. The summed E-state index contributed by atoms with van der Waals surface area (Å²) in [5, 5.41) is 20.1. The van der Waals surface area contributed by atoms with Crippen molar-refractivity contribution in [2.45, 2.75) is 44.8 Å². The molecule has 8 heteroatoms. The molecule has 1 unspecified atom stereocenters. The molecule has 1 aromatic rings. The lowest BCUT2D eigenvalue weighted by Crippen LogP contribution is -2.56. The van der Waals surface area contributed by atoms with Crippen molar-refractivity contribution in [3.63, 3.8) is 0 Å². The number of aromatic nitrogens is 4. The zero-order valence-electron chi connectivity index (χ0n) is 11.5. The van der Waals surface area contributed by atoms with Gasteiger partial charge >= 0.3 is 6.09 Å². The second-order valence-electron chi connectivity index (χ2n) is 5.72. The summed E-state index contributed by atoms with van der Waals surface area (Å²) in [6.07, 6.45) is 1.20. The van der Waals surface area contributed by atoms with Crippen molar-refractivity contribution in [3.8, 4) is 0 Å². The minimum absolute atomic E-state index is 0.471. The number of tetrazole rings is 1. The van der Waals surface area contributed by atoms with Crippen molar-refractivity contribution in [1.82, 2.24) is 31.3 Å². The number of carbonyl (C=O) groups is 1. The maximum atomic E-state index is 12.0. The van der Waals surface area contributed by atoms with Crippen LogP contribution in [0.2, 0.25) is 0 Å². The highest BCUT2D eigenvalue weighted by atomic mass is 16.6. The molecule has 1 amide bonds. The Kier molecular flexibility index (Phi) is 3.70. The van der Waals surface area contributed by atoms with E-state index in [9.17, 15) is 4.79 Å². The molecule has 0 bridgehead atoms. The Bertz CT molecular complexity index is 419. The fourth-order valence-electron chi connectivity index (χ4n) is 2.12. The van der Waals surface area contributed by atoms with Gasteiger partial charge < -0.3 is 15.4 Å². The van der Waals surface area contributed by atoms with E-state index in [4.69, 9.17) is 4.74 Å². The molecule has 2 rings (SSSR count). The van der Waals surface area contributed by atoms with Crippen molar-refractivity contribution >= 4 is 6.09 Å². The molecule has 3 N–H and O–H groups in total. The molecule has 1 aliphatic rings. The molecule has 1 atom stereocenters. The van der Waals surface area contributed by atoms with E-state index >= 15 is 0 Å². The molecular formula is C11H20N6O2. The van der Waals surface area contributed by atoms with Gasteiger partial charge in [0.25, 0.3) is 0 Å². The lowest BCUT2D eigenvalue weighted by molar-refractivity contribution is 0.0423. The quantitative estimate of drug-likeness (QED) is 0.712. The number of alkyl carbamates (subject to hydrolysis) is 1. The lowest BCUT2D eigenvalue weighted by Gasteiger charge is -2.36. The van der Waals surface area contributed by atoms with Gasteiger partial charge in [0.15, 0.2) is 0 Å². The number of carbonyl (C=O) groups excluding carboxylic acids is 1. The van der Waals surface area contributed by atoms with Gasteiger partial charge in [-0.3, -0.25) is 0 Å². The maximum Gasteiger partial charge on any atom is 0.408 e. The van der Waals surface area contributed by atoms with Crippen LogP contribution in [0.5, 0.6) is 0 Å². The van der Waals surface area contributed by atoms with Crippen LogP contribution >= 0.6 is 0 Å². The van der Waals surface area contributed by atoms with E-state index in [0.29, 0.717) is 12.4 Å². The number of hydrogen-bond acceptors (Lipinski definition) is 6. The number of amides is 1. The van der Waals surface area contributed by atoms with E-state index in [2.05, 4.69) is 31.3 Å². The summed E-state index contributed by atoms with van der Waals surface area (Å²) in [6.45, 7) is 6.95. The molecule has 0 aliphatic carbocycles. The minimum Gasteiger partial charge on any atom is -0.444 e. The highest BCUT2D eigenvalue weighted by Gasteiger charge is 2.40. The summed E-state index contributed by atoms with van der Waals surface area (Å²) in [5.41, 5.74) is -1.20. The average Bonchev–Trinajstić information content (AvgIpc) is 2.81. The third-order valence-electron chi connectivity index (χ3n) is 2.90. The Balaban J connectivity index is 2.13. The number of ether oxygens (including phenoxy) is 1. The standard InChI is InChI=1S/C11H20N6O2/c1-10(2,3)19-9(18)13-11(5-4-6-12-7-11)8-14-16-17-15-8/h12H,4-7H2,1-3H3,(H,13,18)(H,14,15,16,17). The number of nitrogens with zero attached hydrogens (tertiary/aromatic N) is 3. The molecular weight excluding hydrogens is 248 g/mol. The zero-order valence-corrected chi connectivity index (χ0v) is 11.5. The van der Waals surface area contributed by atoms with Gasteiger partial charge in [0.05, 0.1) is 0 Å². The summed E-state index contributed by atoms with van der Waals surface area (Å²) >= 11 is 0. The SMILES string of the molecule is CC(C)(C)OC(=O)NC1(c2nn[nH]n2)CCCNC1. The van der Waals surface area contributed by atoms with Gasteiger partial charge in [-0.2, -0.15) is 5.21 Å². The predicted octanol–water partition coefficient (Wildman–Crippen LogP) is 0.303. The first-order valence-corrected chi connectivity index (χ1v) is 6.37. The second kappa shape index (κ2) is 5.12. The third-order valence-corrected chi connectivity index (χ3v) is 2.90. The van der Waals surface area contributed by atoms with Crippen LogP contribution < -0.4 is 10.6 Å². The number of nitrogens with one attached hydrogen (secondary N) is 3. The summed E-state index contributed by atoms with van der Waals surface area (Å²) < 4.78 is 5.30. The summed E-state index contributed by atoms with van der Waals surface area (Å²) in [4.78, 5) is 12.0. The van der Waals surface area contributed by atoms with Gasteiger partial charge in [-0.25, -0.2) is 4.79 Å². The molecule has 19 heavy (non-hydrogen) atoms. The number of piperidine rings is 1. The van der Waals surface area contributed by atoms with E-state index in [0.717, 1.165) is 19.4 Å². The summed E-state index contributed by atoms with van der Waals surface area (Å²) in [6, 6.07) is 0. The van der Waals surface area contributed by atoms with Crippen LogP contribution in [0.25, 0.3) is 0 Å². The van der Waals surface area contributed by atoms with Crippen LogP contribution in [0.3, 0.4) is 0 Å².